The second-order valence-corrected chi connectivity index (χ2v) is 7.35. The van der Waals surface area contributed by atoms with Crippen LogP contribution in [0, 0.1) is 16.0 Å². The van der Waals surface area contributed by atoms with Gasteiger partial charge in [0.05, 0.1) is 11.0 Å². The van der Waals surface area contributed by atoms with Crippen LogP contribution in [0.3, 0.4) is 0 Å². The number of ketones is 1. The monoisotopic (exact) mass is 404 g/mol. The summed E-state index contributed by atoms with van der Waals surface area (Å²) in [4.78, 5) is 60.0. The Kier molecular flexibility index (Phi) is 4.25. The van der Waals surface area contributed by atoms with Gasteiger partial charge in [-0.1, -0.05) is 0 Å². The number of rotatable bonds is 5. The molecule has 3 aliphatic heterocycles. The topological polar surface area (TPSA) is 142 Å². The maximum absolute atomic E-state index is 12.6. The minimum atomic E-state index is -1.34. The molecule has 11 nitrogen and oxygen atoms in total. The van der Waals surface area contributed by atoms with Crippen molar-refractivity contribution in [3.63, 3.8) is 0 Å². The van der Waals surface area contributed by atoms with Gasteiger partial charge in [-0.3, -0.25) is 19.7 Å². The van der Waals surface area contributed by atoms with Gasteiger partial charge in [-0.15, -0.1) is 0 Å². The molecule has 0 spiro atoms. The van der Waals surface area contributed by atoms with E-state index in [1.54, 1.807) is 6.92 Å². The zero-order valence-corrected chi connectivity index (χ0v) is 15.2. The molecular weight excluding hydrogens is 388 g/mol. The number of β-lactam (4-membered cyclic amide) rings is 1. The summed E-state index contributed by atoms with van der Waals surface area (Å²) in [5.74, 6) is -2.55. The molecule has 29 heavy (non-hydrogen) atoms. The highest BCUT2D eigenvalue weighted by Gasteiger charge is 2.67. The predicted molar refractivity (Wildman–Crippen MR) is 91.3 cm³/mol. The molecule has 3 aliphatic rings. The first-order chi connectivity index (χ1) is 13.7. The second-order valence-electron chi connectivity index (χ2n) is 7.35. The van der Waals surface area contributed by atoms with Gasteiger partial charge in [0.1, 0.15) is 19.1 Å². The van der Waals surface area contributed by atoms with E-state index < -0.39 is 52.3 Å². The molecule has 3 fully saturated rings. The molecule has 1 aromatic rings. The molecule has 2 unspecified atom stereocenters. The van der Waals surface area contributed by atoms with Gasteiger partial charge in [-0.2, -0.15) is 0 Å². The fourth-order valence-electron chi connectivity index (χ4n) is 4.04. The Labute approximate surface area is 163 Å². The van der Waals surface area contributed by atoms with Crippen LogP contribution in [0.25, 0.3) is 0 Å². The van der Waals surface area contributed by atoms with Gasteiger partial charge in [0.2, 0.25) is 5.91 Å². The predicted octanol–water partition coefficient (Wildman–Crippen LogP) is 0.732. The average Bonchev–Trinajstić information content (AvgIpc) is 3.16. The van der Waals surface area contributed by atoms with Crippen LogP contribution >= 0.6 is 0 Å². The van der Waals surface area contributed by atoms with E-state index >= 15 is 0 Å². The van der Waals surface area contributed by atoms with Gasteiger partial charge in [-0.25, -0.2) is 9.59 Å². The SMILES string of the molecule is CC1([C@@H]2C(=O)N3C2CC(=O)[C@H]3C(=O)OCc2ccc([N+](=O)[O-])cc2)COC(=O)O1. The molecule has 0 aliphatic carbocycles. The lowest BCUT2D eigenvalue weighted by Gasteiger charge is -2.48. The van der Waals surface area contributed by atoms with E-state index in [4.69, 9.17) is 14.2 Å². The summed E-state index contributed by atoms with van der Waals surface area (Å²) in [6.45, 7) is 1.26. The molecule has 0 aromatic heterocycles. The second kappa shape index (κ2) is 6.54. The minimum absolute atomic E-state index is 0.0408. The Hall–Kier alpha value is -3.50. The maximum Gasteiger partial charge on any atom is 0.509 e. The number of hydrogen-bond donors (Lipinski definition) is 0. The van der Waals surface area contributed by atoms with E-state index in [0.29, 0.717) is 5.56 Å². The molecule has 3 heterocycles. The zero-order valence-electron chi connectivity index (χ0n) is 15.2. The number of ether oxygens (including phenoxy) is 3. The third-order valence-corrected chi connectivity index (χ3v) is 5.46. The van der Waals surface area contributed by atoms with Gasteiger partial charge in [-0.05, 0) is 24.6 Å². The zero-order chi connectivity index (χ0) is 20.9. The number of esters is 1. The van der Waals surface area contributed by atoms with Crippen LogP contribution in [0.4, 0.5) is 10.5 Å². The van der Waals surface area contributed by atoms with E-state index in [1.807, 2.05) is 0 Å². The molecule has 0 radical (unpaired) electrons. The van der Waals surface area contributed by atoms with E-state index in [2.05, 4.69) is 0 Å². The summed E-state index contributed by atoms with van der Waals surface area (Å²) in [5, 5.41) is 10.7. The van der Waals surface area contributed by atoms with E-state index in [1.165, 1.54) is 29.2 Å². The molecule has 1 aromatic carbocycles. The molecule has 0 N–H and O–H groups in total. The van der Waals surface area contributed by atoms with Gasteiger partial charge < -0.3 is 19.1 Å². The number of nitro benzene ring substituents is 1. The highest BCUT2D eigenvalue weighted by atomic mass is 16.8. The number of fused-ring (bicyclic) bond motifs is 1. The van der Waals surface area contributed by atoms with Crippen molar-refractivity contribution in [2.24, 2.45) is 5.92 Å². The number of nitro groups is 1. The van der Waals surface area contributed by atoms with Crippen LogP contribution in [-0.2, 0) is 35.2 Å². The first-order valence-electron chi connectivity index (χ1n) is 8.82. The first-order valence-corrected chi connectivity index (χ1v) is 8.82. The lowest BCUT2D eigenvalue weighted by molar-refractivity contribution is -0.384. The van der Waals surface area contributed by atoms with Crippen molar-refractivity contribution in [3.05, 3.63) is 39.9 Å². The Balaban J connectivity index is 1.41. The van der Waals surface area contributed by atoms with Crippen LogP contribution in [0.2, 0.25) is 0 Å². The Morgan fingerprint density at radius 3 is 2.59 bits per heavy atom. The normalized spacial score (nSPS) is 30.3. The molecule has 152 valence electrons. The summed E-state index contributed by atoms with van der Waals surface area (Å²) < 4.78 is 15.0. The van der Waals surface area contributed by atoms with Crippen LogP contribution in [0.1, 0.15) is 18.9 Å². The third-order valence-electron chi connectivity index (χ3n) is 5.46. The fraction of sp³-hybridized carbons (Fsp3) is 0.444. The number of nitrogens with zero attached hydrogens (tertiary/aromatic N) is 2. The number of benzene rings is 1. The quantitative estimate of drug-likeness (QED) is 0.228. The van der Waals surface area contributed by atoms with E-state index in [0.717, 1.165) is 0 Å². The number of amides is 1. The third kappa shape index (κ3) is 2.98. The van der Waals surface area contributed by atoms with Crippen molar-refractivity contribution in [1.82, 2.24) is 4.90 Å². The molecule has 4 atom stereocenters. The molecule has 1 amide bonds. The van der Waals surface area contributed by atoms with Crippen molar-refractivity contribution in [2.75, 3.05) is 6.61 Å². The van der Waals surface area contributed by atoms with E-state index in [-0.39, 0.29) is 25.3 Å². The van der Waals surface area contributed by atoms with Crippen molar-refractivity contribution in [1.29, 1.82) is 0 Å². The molecule has 4 rings (SSSR count). The highest BCUT2D eigenvalue weighted by molar-refractivity contribution is 6.11. The largest absolute Gasteiger partial charge is 0.509 e. The Morgan fingerprint density at radius 2 is 2.00 bits per heavy atom. The van der Waals surface area contributed by atoms with Crippen LogP contribution in [0.15, 0.2) is 24.3 Å². The Morgan fingerprint density at radius 1 is 1.31 bits per heavy atom. The van der Waals surface area contributed by atoms with Crippen molar-refractivity contribution >= 4 is 29.5 Å². The molecule has 0 bridgehead atoms. The summed E-state index contributed by atoms with van der Waals surface area (Å²) >= 11 is 0. The van der Waals surface area contributed by atoms with Crippen molar-refractivity contribution < 1.29 is 38.3 Å². The first kappa shape index (κ1) is 18.8. The number of carbonyl (C=O) groups is 4. The fourth-order valence-corrected chi connectivity index (χ4v) is 4.04. The number of hydrogen-bond acceptors (Lipinski definition) is 9. The van der Waals surface area contributed by atoms with Gasteiger partial charge in [0.15, 0.2) is 17.4 Å². The average molecular weight is 404 g/mol. The van der Waals surface area contributed by atoms with Crippen molar-refractivity contribution in [3.8, 4) is 0 Å². The standard InChI is InChI=1S/C18H16N2O9/c1-18(8-28-17(24)29-18)13-11-6-12(21)14(19(11)15(13)22)16(23)27-7-9-2-4-10(5-3-9)20(25)26/h2-5,11,13-14H,6-8H2,1H3/t11?,13-,14-,18?/m0/s1. The van der Waals surface area contributed by atoms with Crippen LogP contribution in [-0.4, -0.2) is 57.9 Å². The molecule has 0 saturated carbocycles. The number of carbonyl (C=O) groups excluding carboxylic acids is 4. The lowest BCUT2D eigenvalue weighted by Crippen LogP contribution is -2.68. The van der Waals surface area contributed by atoms with Gasteiger partial charge in [0.25, 0.3) is 5.69 Å². The van der Waals surface area contributed by atoms with Gasteiger partial charge in [0, 0.05) is 18.6 Å². The molecule has 3 saturated heterocycles. The maximum atomic E-state index is 12.6. The molecule has 11 heteroatoms. The minimum Gasteiger partial charge on any atom is -0.459 e. The van der Waals surface area contributed by atoms with Gasteiger partial charge >= 0.3 is 12.1 Å². The van der Waals surface area contributed by atoms with Crippen molar-refractivity contribution in [2.45, 2.75) is 37.6 Å². The number of Topliss-reactive ketones (excluding diaryl/α,β-unsaturated/α-hetero) is 1. The number of cyclic esters (lactones) is 2. The summed E-state index contributed by atoms with van der Waals surface area (Å²) in [6.07, 6.45) is -0.914. The van der Waals surface area contributed by atoms with E-state index in [9.17, 15) is 29.3 Å². The Bertz CT molecular complexity index is 928. The summed E-state index contributed by atoms with van der Waals surface area (Å²) in [6, 6.07) is 3.51. The summed E-state index contributed by atoms with van der Waals surface area (Å²) in [5.41, 5.74) is -0.773. The molecular formula is C18H16N2O9. The lowest BCUT2D eigenvalue weighted by atomic mass is 9.75. The van der Waals surface area contributed by atoms with Crippen LogP contribution < -0.4 is 0 Å². The smallest absolute Gasteiger partial charge is 0.459 e. The summed E-state index contributed by atoms with van der Waals surface area (Å²) in [7, 11) is 0. The highest BCUT2D eigenvalue weighted by Crippen LogP contribution is 2.46. The number of non-ortho nitro benzene ring substituents is 1. The van der Waals surface area contributed by atoms with Crippen LogP contribution in [0.5, 0.6) is 0 Å².